The molecule has 1 nitrogen and oxygen atoms in total. The third-order valence-corrected chi connectivity index (χ3v) is 4.82. The molecule has 92 valence electrons. The zero-order chi connectivity index (χ0) is 12.5. The lowest BCUT2D eigenvalue weighted by molar-refractivity contribution is 0.0988. The monoisotopic (exact) mass is 256 g/mol. The molecule has 1 atom stereocenters. The van der Waals surface area contributed by atoms with E-state index in [1.807, 2.05) is 12.1 Å². The lowest BCUT2D eigenvalue weighted by Gasteiger charge is -2.04. The molecule has 0 aliphatic carbocycles. The van der Waals surface area contributed by atoms with Crippen molar-refractivity contribution in [3.63, 3.8) is 0 Å². The van der Waals surface area contributed by atoms with Crippen LogP contribution >= 0.6 is 11.8 Å². The normalized spacial score (nSPS) is 18.3. The second-order valence-electron chi connectivity index (χ2n) is 4.81. The van der Waals surface area contributed by atoms with Crippen LogP contribution in [0.4, 0.5) is 0 Å². The molecule has 1 aliphatic heterocycles. The van der Waals surface area contributed by atoms with E-state index in [1.165, 1.54) is 15.7 Å². The first-order chi connectivity index (χ1) is 8.79. The van der Waals surface area contributed by atoms with Crippen LogP contribution in [0.5, 0.6) is 0 Å². The van der Waals surface area contributed by atoms with Crippen molar-refractivity contribution in [1.29, 1.82) is 0 Å². The first kappa shape index (κ1) is 11.8. The zero-order valence-electron chi connectivity index (χ0n) is 10.5. The van der Waals surface area contributed by atoms with Crippen molar-refractivity contribution in [3.05, 3.63) is 42.0 Å². The van der Waals surface area contributed by atoms with Crippen molar-refractivity contribution < 1.29 is 4.79 Å². The van der Waals surface area contributed by atoms with Crippen LogP contribution in [0.25, 0.3) is 10.8 Å². The summed E-state index contributed by atoms with van der Waals surface area (Å²) < 4.78 is 0. The Balaban J connectivity index is 1.99. The highest BCUT2D eigenvalue weighted by molar-refractivity contribution is 8.01. The zero-order valence-corrected chi connectivity index (χ0v) is 11.3. The third kappa shape index (κ3) is 1.95. The summed E-state index contributed by atoms with van der Waals surface area (Å²) in [6.45, 7) is 2.17. The summed E-state index contributed by atoms with van der Waals surface area (Å²) in [4.78, 5) is 13.5. The Labute approximate surface area is 112 Å². The molecule has 0 bridgehead atoms. The Morgan fingerprint density at radius 2 is 1.89 bits per heavy atom. The largest absolute Gasteiger partial charge is 0.293 e. The van der Waals surface area contributed by atoms with Gasteiger partial charge in [0.2, 0.25) is 0 Å². The molecule has 1 heterocycles. The van der Waals surface area contributed by atoms with E-state index in [4.69, 9.17) is 0 Å². The summed E-state index contributed by atoms with van der Waals surface area (Å²) >= 11 is 1.75. The highest BCUT2D eigenvalue weighted by Crippen LogP contribution is 2.41. The molecular formula is C16H16OS. The molecule has 2 aromatic rings. The summed E-state index contributed by atoms with van der Waals surface area (Å²) in [6, 6.07) is 12.5. The highest BCUT2D eigenvalue weighted by Gasteiger charge is 2.30. The van der Waals surface area contributed by atoms with E-state index in [2.05, 4.69) is 31.2 Å². The number of Topliss-reactive ketones (excluding diaryl/α,β-unsaturated/α-hetero) is 1. The van der Waals surface area contributed by atoms with E-state index in [0.717, 1.165) is 24.8 Å². The molecule has 0 radical (unpaired) electrons. The second-order valence-corrected chi connectivity index (χ2v) is 6.05. The van der Waals surface area contributed by atoms with Crippen molar-refractivity contribution in [3.8, 4) is 0 Å². The second kappa shape index (κ2) is 4.77. The SMILES string of the molecule is CCCCC1Sc2cc3ccccc3cc2C1=O. The molecule has 0 saturated heterocycles. The molecular weight excluding hydrogens is 240 g/mol. The van der Waals surface area contributed by atoms with Gasteiger partial charge in [-0.05, 0) is 29.3 Å². The summed E-state index contributed by atoms with van der Waals surface area (Å²) in [5, 5.41) is 2.55. The number of benzene rings is 2. The number of hydrogen-bond acceptors (Lipinski definition) is 2. The molecule has 0 fully saturated rings. The van der Waals surface area contributed by atoms with Gasteiger partial charge in [0, 0.05) is 10.5 Å². The maximum Gasteiger partial charge on any atom is 0.177 e. The van der Waals surface area contributed by atoms with Gasteiger partial charge >= 0.3 is 0 Å². The topological polar surface area (TPSA) is 17.1 Å². The fraction of sp³-hybridized carbons (Fsp3) is 0.312. The molecule has 0 N–H and O–H groups in total. The van der Waals surface area contributed by atoms with Crippen LogP contribution in [0.2, 0.25) is 0 Å². The number of hydrogen-bond donors (Lipinski definition) is 0. The average Bonchev–Trinajstić information content (AvgIpc) is 2.70. The minimum atomic E-state index is 0.150. The maximum absolute atomic E-state index is 12.3. The number of carbonyl (C=O) groups is 1. The average molecular weight is 256 g/mol. The Morgan fingerprint density at radius 1 is 1.17 bits per heavy atom. The van der Waals surface area contributed by atoms with Crippen LogP contribution in [0, 0.1) is 0 Å². The van der Waals surface area contributed by atoms with E-state index >= 15 is 0 Å². The Hall–Kier alpha value is -1.28. The lowest BCUT2D eigenvalue weighted by atomic mass is 10.0. The van der Waals surface area contributed by atoms with Crippen LogP contribution in [0.3, 0.4) is 0 Å². The smallest absolute Gasteiger partial charge is 0.177 e. The molecule has 2 aromatic carbocycles. The first-order valence-corrected chi connectivity index (χ1v) is 7.41. The molecule has 1 aliphatic rings. The lowest BCUT2D eigenvalue weighted by Crippen LogP contribution is -2.11. The van der Waals surface area contributed by atoms with Gasteiger partial charge in [0.25, 0.3) is 0 Å². The van der Waals surface area contributed by atoms with Crippen molar-refractivity contribution in [2.45, 2.75) is 36.3 Å². The molecule has 0 saturated carbocycles. The Kier molecular flexibility index (Phi) is 3.13. The van der Waals surface area contributed by atoms with Crippen molar-refractivity contribution in [1.82, 2.24) is 0 Å². The fourth-order valence-electron chi connectivity index (χ4n) is 2.47. The van der Waals surface area contributed by atoms with Crippen molar-refractivity contribution in [2.24, 2.45) is 0 Å². The molecule has 1 unspecified atom stereocenters. The molecule has 3 rings (SSSR count). The minimum absolute atomic E-state index is 0.150. The molecule has 2 heteroatoms. The summed E-state index contributed by atoms with van der Waals surface area (Å²) in [7, 11) is 0. The van der Waals surface area contributed by atoms with Gasteiger partial charge in [-0.25, -0.2) is 0 Å². The Bertz CT molecular complexity index is 603. The third-order valence-electron chi connectivity index (χ3n) is 3.49. The summed E-state index contributed by atoms with van der Waals surface area (Å²) in [5.74, 6) is 0.328. The van der Waals surface area contributed by atoms with E-state index < -0.39 is 0 Å². The van der Waals surface area contributed by atoms with Crippen molar-refractivity contribution in [2.75, 3.05) is 0 Å². The van der Waals surface area contributed by atoms with Gasteiger partial charge in [-0.2, -0.15) is 0 Å². The number of thioether (sulfide) groups is 1. The summed E-state index contributed by atoms with van der Waals surface area (Å²) in [6.07, 6.45) is 3.30. The van der Waals surface area contributed by atoms with Gasteiger partial charge in [0.05, 0.1) is 5.25 Å². The maximum atomic E-state index is 12.3. The van der Waals surface area contributed by atoms with E-state index in [9.17, 15) is 4.79 Å². The predicted octanol–water partition coefficient (Wildman–Crippen LogP) is 4.69. The van der Waals surface area contributed by atoms with Gasteiger partial charge in [0.15, 0.2) is 5.78 Å². The quantitative estimate of drug-likeness (QED) is 0.792. The first-order valence-electron chi connectivity index (χ1n) is 6.53. The van der Waals surface area contributed by atoms with E-state index in [0.29, 0.717) is 5.78 Å². The number of ketones is 1. The number of carbonyl (C=O) groups excluding carboxylic acids is 1. The molecule has 0 aromatic heterocycles. The van der Waals surface area contributed by atoms with Crippen LogP contribution in [-0.4, -0.2) is 11.0 Å². The molecule has 0 spiro atoms. The van der Waals surface area contributed by atoms with Crippen LogP contribution < -0.4 is 0 Å². The minimum Gasteiger partial charge on any atom is -0.293 e. The van der Waals surface area contributed by atoms with Gasteiger partial charge in [-0.1, -0.05) is 44.0 Å². The van der Waals surface area contributed by atoms with Crippen LogP contribution in [-0.2, 0) is 0 Å². The number of fused-ring (bicyclic) bond motifs is 2. The summed E-state index contributed by atoms with van der Waals surface area (Å²) in [5.41, 5.74) is 0.930. The van der Waals surface area contributed by atoms with Gasteiger partial charge in [-0.3, -0.25) is 4.79 Å². The predicted molar refractivity (Wildman–Crippen MR) is 77.4 cm³/mol. The van der Waals surface area contributed by atoms with E-state index in [1.54, 1.807) is 11.8 Å². The van der Waals surface area contributed by atoms with Crippen molar-refractivity contribution >= 4 is 28.3 Å². The molecule has 0 amide bonds. The van der Waals surface area contributed by atoms with Gasteiger partial charge in [0.1, 0.15) is 0 Å². The highest BCUT2D eigenvalue weighted by atomic mass is 32.2. The van der Waals surface area contributed by atoms with E-state index in [-0.39, 0.29) is 5.25 Å². The molecule has 18 heavy (non-hydrogen) atoms. The van der Waals surface area contributed by atoms with Gasteiger partial charge < -0.3 is 0 Å². The van der Waals surface area contributed by atoms with Crippen LogP contribution in [0.15, 0.2) is 41.3 Å². The Morgan fingerprint density at radius 3 is 2.61 bits per heavy atom. The standard InChI is InChI=1S/C16H16OS/c1-2-3-8-14-16(17)13-9-11-6-4-5-7-12(11)10-15(13)18-14/h4-7,9-10,14H,2-3,8H2,1H3. The van der Waals surface area contributed by atoms with Crippen LogP contribution in [0.1, 0.15) is 36.5 Å². The number of unbranched alkanes of at least 4 members (excludes halogenated alkanes) is 1. The number of rotatable bonds is 3. The van der Waals surface area contributed by atoms with Gasteiger partial charge in [-0.15, -0.1) is 11.8 Å². The fourth-order valence-corrected chi connectivity index (χ4v) is 3.78.